The number of benzene rings is 1. The molecule has 0 atom stereocenters. The van der Waals surface area contributed by atoms with E-state index in [4.69, 9.17) is 0 Å². The molecule has 2 aromatic rings. The highest BCUT2D eigenvalue weighted by molar-refractivity contribution is 9.13. The van der Waals surface area contributed by atoms with Crippen LogP contribution in [0.5, 0.6) is 5.75 Å². The molecule has 0 aliphatic rings. The van der Waals surface area contributed by atoms with Gasteiger partial charge in [0, 0.05) is 15.0 Å². The second-order valence-electron chi connectivity index (χ2n) is 3.25. The Morgan fingerprint density at radius 2 is 1.71 bits per heavy atom. The maximum atomic E-state index is 11.4. The topological polar surface area (TPSA) is 70.2 Å². The molecule has 1 aromatic heterocycles. The van der Waals surface area contributed by atoms with E-state index in [0.717, 1.165) is 6.07 Å². The number of hydrogen-bond donors (Lipinski definition) is 2. The SMILES string of the molecule is O=c1cc(O)c2c(Br)cc(Br)c(Br)c2[nH]c1=O. The van der Waals surface area contributed by atoms with Crippen molar-refractivity contribution in [2.75, 3.05) is 0 Å². The Kier molecular flexibility index (Phi) is 3.42. The first-order valence-corrected chi connectivity index (χ1v) is 6.73. The monoisotopic (exact) mass is 423 g/mol. The molecule has 0 saturated carbocycles. The quantitative estimate of drug-likeness (QED) is 0.503. The molecule has 1 heterocycles. The molecule has 0 aliphatic carbocycles. The number of hydrogen-bond acceptors (Lipinski definition) is 3. The molecule has 0 bridgehead atoms. The van der Waals surface area contributed by atoms with Gasteiger partial charge < -0.3 is 10.1 Å². The van der Waals surface area contributed by atoms with Crippen LogP contribution < -0.4 is 11.0 Å². The molecule has 1 aromatic carbocycles. The Balaban J connectivity index is 3.24. The van der Waals surface area contributed by atoms with Crippen LogP contribution in [0, 0.1) is 0 Å². The van der Waals surface area contributed by atoms with Crippen LogP contribution in [-0.4, -0.2) is 10.1 Å². The van der Waals surface area contributed by atoms with E-state index in [-0.39, 0.29) is 5.75 Å². The third-order valence-corrected chi connectivity index (χ3v) is 4.76. The number of halogens is 3. The molecule has 0 fully saturated rings. The Labute approximate surface area is 120 Å². The summed E-state index contributed by atoms with van der Waals surface area (Å²) in [5, 5.41) is 10.2. The number of nitrogens with one attached hydrogen (secondary N) is 1. The summed E-state index contributed by atoms with van der Waals surface area (Å²) in [6.07, 6.45) is 0. The van der Waals surface area contributed by atoms with E-state index in [1.165, 1.54) is 0 Å². The molecular weight excluding hydrogens is 422 g/mol. The largest absolute Gasteiger partial charge is 0.507 e. The molecule has 0 saturated heterocycles. The number of aromatic nitrogens is 1. The van der Waals surface area contributed by atoms with Gasteiger partial charge in [-0.1, -0.05) is 0 Å². The second-order valence-corrected chi connectivity index (χ2v) is 5.75. The van der Waals surface area contributed by atoms with Crippen molar-refractivity contribution in [3.8, 4) is 5.75 Å². The van der Waals surface area contributed by atoms with Gasteiger partial charge in [-0.25, -0.2) is 0 Å². The Hall–Kier alpha value is -0.660. The van der Waals surface area contributed by atoms with Crippen molar-refractivity contribution in [3.63, 3.8) is 0 Å². The van der Waals surface area contributed by atoms with Gasteiger partial charge in [-0.3, -0.25) is 9.59 Å². The van der Waals surface area contributed by atoms with E-state index >= 15 is 0 Å². The first-order chi connectivity index (χ1) is 7.91. The predicted octanol–water partition coefficient (Wildman–Crippen LogP) is 2.88. The van der Waals surface area contributed by atoms with Crippen LogP contribution in [-0.2, 0) is 0 Å². The van der Waals surface area contributed by atoms with Gasteiger partial charge in [0.25, 0.3) is 5.56 Å². The molecule has 0 aliphatic heterocycles. The summed E-state index contributed by atoms with van der Waals surface area (Å²) in [6.45, 7) is 0. The van der Waals surface area contributed by atoms with E-state index in [2.05, 4.69) is 52.8 Å². The van der Waals surface area contributed by atoms with E-state index in [1.54, 1.807) is 6.07 Å². The minimum atomic E-state index is -0.798. The van der Waals surface area contributed by atoms with E-state index < -0.39 is 11.0 Å². The fourth-order valence-electron chi connectivity index (χ4n) is 1.40. The smallest absolute Gasteiger partial charge is 0.296 e. The molecule has 4 nitrogen and oxygen atoms in total. The minimum Gasteiger partial charge on any atom is -0.507 e. The summed E-state index contributed by atoms with van der Waals surface area (Å²) in [5.74, 6) is -0.261. The van der Waals surface area contributed by atoms with Crippen LogP contribution in [0.2, 0.25) is 0 Å². The third kappa shape index (κ3) is 2.19. The highest BCUT2D eigenvalue weighted by Gasteiger charge is 2.12. The van der Waals surface area contributed by atoms with E-state index in [1.807, 2.05) is 0 Å². The second kappa shape index (κ2) is 4.55. The van der Waals surface area contributed by atoms with Gasteiger partial charge >= 0.3 is 0 Å². The van der Waals surface area contributed by atoms with Crippen molar-refractivity contribution in [3.05, 3.63) is 46.1 Å². The lowest BCUT2D eigenvalue weighted by Crippen LogP contribution is -2.22. The van der Waals surface area contributed by atoms with Crippen LogP contribution in [0.3, 0.4) is 0 Å². The normalized spacial score (nSPS) is 10.8. The van der Waals surface area contributed by atoms with Gasteiger partial charge in [-0.05, 0) is 53.9 Å². The zero-order chi connectivity index (χ0) is 12.7. The fraction of sp³-hybridized carbons (Fsp3) is 0. The predicted molar refractivity (Wildman–Crippen MR) is 75.6 cm³/mol. The van der Waals surface area contributed by atoms with Crippen molar-refractivity contribution in [2.24, 2.45) is 0 Å². The van der Waals surface area contributed by atoms with Crippen molar-refractivity contribution >= 4 is 58.7 Å². The lowest BCUT2D eigenvalue weighted by atomic mass is 10.2. The zero-order valence-corrected chi connectivity index (χ0v) is 12.8. The zero-order valence-electron chi connectivity index (χ0n) is 8.05. The molecule has 7 heteroatoms. The maximum Gasteiger partial charge on any atom is 0.296 e. The highest BCUT2D eigenvalue weighted by atomic mass is 79.9. The number of aromatic hydroxyl groups is 1. The molecule has 0 unspecified atom stereocenters. The van der Waals surface area contributed by atoms with Gasteiger partial charge in [-0.15, -0.1) is 0 Å². The first kappa shape index (κ1) is 12.8. The van der Waals surface area contributed by atoms with Crippen molar-refractivity contribution in [2.45, 2.75) is 0 Å². The summed E-state index contributed by atoms with van der Waals surface area (Å²) < 4.78 is 1.80. The van der Waals surface area contributed by atoms with Gasteiger partial charge in [0.15, 0.2) is 0 Å². The number of fused-ring (bicyclic) bond motifs is 1. The number of aromatic amines is 1. The molecule has 2 rings (SSSR count). The molecule has 88 valence electrons. The summed E-state index contributed by atoms with van der Waals surface area (Å²) in [7, 11) is 0. The molecular formula is C10H4Br3NO3. The summed E-state index contributed by atoms with van der Waals surface area (Å²) in [4.78, 5) is 25.2. The Morgan fingerprint density at radius 3 is 2.35 bits per heavy atom. The summed E-state index contributed by atoms with van der Waals surface area (Å²) in [6, 6.07) is 2.60. The van der Waals surface area contributed by atoms with Gasteiger partial charge in [-0.2, -0.15) is 0 Å². The molecule has 2 N–H and O–H groups in total. The Bertz CT molecular complexity index is 739. The Morgan fingerprint density at radius 1 is 1.06 bits per heavy atom. The molecule has 0 amide bonds. The standard InChI is InChI=1S/C10H4Br3NO3/c11-3-1-4(12)8(13)9-7(3)5(15)2-6(16)10(17)14-9/h1-2,15H,(H,14,16,17). The van der Waals surface area contributed by atoms with Crippen molar-refractivity contribution in [1.82, 2.24) is 4.98 Å². The highest BCUT2D eigenvalue weighted by Crippen LogP contribution is 2.37. The molecule has 17 heavy (non-hydrogen) atoms. The van der Waals surface area contributed by atoms with Crippen LogP contribution in [0.25, 0.3) is 10.9 Å². The van der Waals surface area contributed by atoms with Crippen LogP contribution in [0.15, 0.2) is 35.1 Å². The lowest BCUT2D eigenvalue weighted by molar-refractivity contribution is 0.481. The lowest BCUT2D eigenvalue weighted by Gasteiger charge is -2.03. The number of H-pyrrole nitrogens is 1. The average molecular weight is 426 g/mol. The van der Waals surface area contributed by atoms with Gasteiger partial charge in [0.05, 0.1) is 15.4 Å². The van der Waals surface area contributed by atoms with E-state index in [9.17, 15) is 14.7 Å². The summed E-state index contributed by atoms with van der Waals surface area (Å²) >= 11 is 9.84. The average Bonchev–Trinajstić information content (AvgIpc) is 2.34. The van der Waals surface area contributed by atoms with Crippen molar-refractivity contribution < 1.29 is 5.11 Å². The first-order valence-electron chi connectivity index (χ1n) is 4.35. The van der Waals surface area contributed by atoms with Crippen LogP contribution in [0.4, 0.5) is 0 Å². The number of rotatable bonds is 0. The summed E-state index contributed by atoms with van der Waals surface area (Å²) in [5.41, 5.74) is -1.24. The fourth-order valence-corrected chi connectivity index (χ4v) is 3.18. The van der Waals surface area contributed by atoms with Gasteiger partial charge in [0.1, 0.15) is 5.75 Å². The van der Waals surface area contributed by atoms with Crippen molar-refractivity contribution in [1.29, 1.82) is 0 Å². The molecule has 0 spiro atoms. The van der Waals surface area contributed by atoms with Crippen LogP contribution >= 0.6 is 47.8 Å². The molecule has 0 radical (unpaired) electrons. The third-order valence-electron chi connectivity index (χ3n) is 2.16. The van der Waals surface area contributed by atoms with E-state index in [0.29, 0.717) is 24.3 Å². The van der Waals surface area contributed by atoms with Crippen LogP contribution in [0.1, 0.15) is 0 Å². The minimum absolute atomic E-state index is 0.261. The maximum absolute atomic E-state index is 11.4. The van der Waals surface area contributed by atoms with Gasteiger partial charge in [0.2, 0.25) is 5.43 Å².